The predicted molar refractivity (Wildman–Crippen MR) is 79.4 cm³/mol. The van der Waals surface area contributed by atoms with E-state index in [1.165, 1.54) is 19.4 Å². The van der Waals surface area contributed by atoms with E-state index in [2.05, 4.69) is 24.9 Å². The van der Waals surface area contributed by atoms with Gasteiger partial charge in [0.05, 0.1) is 6.61 Å². The molecule has 2 rings (SSSR count). The van der Waals surface area contributed by atoms with Crippen molar-refractivity contribution in [3.05, 3.63) is 29.8 Å². The quantitative estimate of drug-likeness (QED) is 0.856. The monoisotopic (exact) mass is 262 g/mol. The predicted octanol–water partition coefficient (Wildman–Crippen LogP) is 2.96. The molecule has 1 aromatic carbocycles. The van der Waals surface area contributed by atoms with Gasteiger partial charge >= 0.3 is 0 Å². The lowest BCUT2D eigenvalue weighted by Gasteiger charge is -2.20. The lowest BCUT2D eigenvalue weighted by Crippen LogP contribution is -2.26. The number of nitrogens with two attached hydrogens (primary N) is 1. The Labute approximate surface area is 116 Å². The Balaban J connectivity index is 1.88. The maximum Gasteiger partial charge on any atom is 0.124 e. The van der Waals surface area contributed by atoms with Crippen molar-refractivity contribution in [1.82, 2.24) is 4.90 Å². The molecule has 0 amide bonds. The van der Waals surface area contributed by atoms with Crippen molar-refractivity contribution >= 4 is 0 Å². The molecule has 2 N–H and O–H groups in total. The third-order valence-electron chi connectivity index (χ3n) is 4.14. The molecule has 0 aliphatic carbocycles. The highest BCUT2D eigenvalue weighted by molar-refractivity contribution is 5.35. The van der Waals surface area contributed by atoms with Gasteiger partial charge in [-0.3, -0.25) is 0 Å². The fourth-order valence-corrected chi connectivity index (χ4v) is 2.79. The van der Waals surface area contributed by atoms with E-state index in [4.69, 9.17) is 10.5 Å². The molecule has 1 fully saturated rings. The molecule has 1 saturated heterocycles. The second kappa shape index (κ2) is 6.92. The zero-order valence-electron chi connectivity index (χ0n) is 12.1. The molecule has 1 aromatic rings. The first-order chi connectivity index (χ1) is 9.22. The maximum absolute atomic E-state index is 6.12. The molecular weight excluding hydrogens is 236 g/mol. The number of benzene rings is 1. The maximum atomic E-state index is 6.12. The number of hydrogen-bond acceptors (Lipinski definition) is 3. The summed E-state index contributed by atoms with van der Waals surface area (Å²) >= 11 is 0. The van der Waals surface area contributed by atoms with Gasteiger partial charge in [-0.05, 0) is 45.3 Å². The number of likely N-dealkylation sites (tertiary alicyclic amines) is 1. The van der Waals surface area contributed by atoms with Gasteiger partial charge in [0.25, 0.3) is 0 Å². The summed E-state index contributed by atoms with van der Waals surface area (Å²) in [5, 5.41) is 0. The molecule has 1 aliphatic rings. The Morgan fingerprint density at radius 2 is 2.21 bits per heavy atom. The van der Waals surface area contributed by atoms with Gasteiger partial charge in [-0.2, -0.15) is 0 Å². The van der Waals surface area contributed by atoms with Crippen LogP contribution < -0.4 is 10.5 Å². The molecule has 1 aliphatic heterocycles. The molecule has 0 aromatic heterocycles. The first-order valence-electron chi connectivity index (χ1n) is 7.40. The zero-order chi connectivity index (χ0) is 13.7. The minimum atomic E-state index is 0.0744. The molecule has 0 bridgehead atoms. The van der Waals surface area contributed by atoms with Crippen LogP contribution in [0.2, 0.25) is 0 Å². The first kappa shape index (κ1) is 14.4. The van der Waals surface area contributed by atoms with Crippen LogP contribution in [0.1, 0.15) is 44.2 Å². The third kappa shape index (κ3) is 3.71. The van der Waals surface area contributed by atoms with Gasteiger partial charge < -0.3 is 15.4 Å². The SMILES string of the molecule is CC[C@@H](N)c1ccccc1OCCC1CCCN1C. The van der Waals surface area contributed by atoms with Crippen LogP contribution in [0, 0.1) is 0 Å². The molecule has 19 heavy (non-hydrogen) atoms. The minimum Gasteiger partial charge on any atom is -0.493 e. The number of nitrogens with zero attached hydrogens (tertiary/aromatic N) is 1. The molecule has 0 radical (unpaired) electrons. The van der Waals surface area contributed by atoms with Gasteiger partial charge in [-0.15, -0.1) is 0 Å². The lowest BCUT2D eigenvalue weighted by molar-refractivity contribution is 0.231. The van der Waals surface area contributed by atoms with Crippen molar-refractivity contribution in [3.63, 3.8) is 0 Å². The molecule has 3 nitrogen and oxygen atoms in total. The number of hydrogen-bond donors (Lipinski definition) is 1. The van der Waals surface area contributed by atoms with Crippen LogP contribution in [0.15, 0.2) is 24.3 Å². The summed E-state index contributed by atoms with van der Waals surface area (Å²) in [6.07, 6.45) is 4.66. The number of ether oxygens (including phenoxy) is 1. The Kier molecular flexibility index (Phi) is 5.23. The lowest BCUT2D eigenvalue weighted by atomic mass is 10.0. The van der Waals surface area contributed by atoms with E-state index < -0.39 is 0 Å². The molecular formula is C16H26N2O. The molecule has 0 spiro atoms. The summed E-state index contributed by atoms with van der Waals surface area (Å²) in [6.45, 7) is 4.11. The van der Waals surface area contributed by atoms with Crippen LogP contribution in [0.3, 0.4) is 0 Å². The molecule has 0 saturated carbocycles. The summed E-state index contributed by atoms with van der Waals surface area (Å²) in [5.74, 6) is 0.956. The fourth-order valence-electron chi connectivity index (χ4n) is 2.79. The second-order valence-electron chi connectivity index (χ2n) is 5.47. The van der Waals surface area contributed by atoms with Crippen LogP contribution in [0.5, 0.6) is 5.75 Å². The third-order valence-corrected chi connectivity index (χ3v) is 4.14. The summed E-state index contributed by atoms with van der Waals surface area (Å²) in [5.41, 5.74) is 7.25. The van der Waals surface area contributed by atoms with Crippen molar-refractivity contribution in [3.8, 4) is 5.75 Å². The highest BCUT2D eigenvalue weighted by Gasteiger charge is 2.20. The Morgan fingerprint density at radius 1 is 1.42 bits per heavy atom. The minimum absolute atomic E-state index is 0.0744. The van der Waals surface area contributed by atoms with Gasteiger partial charge in [0, 0.05) is 17.6 Å². The van der Waals surface area contributed by atoms with Crippen molar-refractivity contribution in [2.75, 3.05) is 20.2 Å². The van der Waals surface area contributed by atoms with Crippen LogP contribution in [-0.2, 0) is 0 Å². The summed E-state index contributed by atoms with van der Waals surface area (Å²) in [6, 6.07) is 8.91. The van der Waals surface area contributed by atoms with Crippen LogP contribution in [0.4, 0.5) is 0 Å². The van der Waals surface area contributed by atoms with E-state index in [1.54, 1.807) is 0 Å². The molecule has 2 atom stereocenters. The van der Waals surface area contributed by atoms with E-state index in [1.807, 2.05) is 18.2 Å². The Morgan fingerprint density at radius 3 is 2.89 bits per heavy atom. The first-order valence-corrected chi connectivity index (χ1v) is 7.40. The van der Waals surface area contributed by atoms with Gasteiger partial charge in [-0.1, -0.05) is 25.1 Å². The average Bonchev–Trinajstić information content (AvgIpc) is 2.84. The average molecular weight is 262 g/mol. The number of rotatable bonds is 6. The largest absolute Gasteiger partial charge is 0.493 e. The van der Waals surface area contributed by atoms with E-state index >= 15 is 0 Å². The van der Waals surface area contributed by atoms with Gasteiger partial charge in [0.15, 0.2) is 0 Å². The van der Waals surface area contributed by atoms with Crippen molar-refractivity contribution in [1.29, 1.82) is 0 Å². The van der Waals surface area contributed by atoms with Crippen LogP contribution in [0.25, 0.3) is 0 Å². The van der Waals surface area contributed by atoms with Crippen molar-refractivity contribution in [2.24, 2.45) is 5.73 Å². The molecule has 3 heteroatoms. The number of para-hydroxylation sites is 1. The smallest absolute Gasteiger partial charge is 0.124 e. The summed E-state index contributed by atoms with van der Waals surface area (Å²) in [7, 11) is 2.21. The van der Waals surface area contributed by atoms with Crippen molar-refractivity contribution < 1.29 is 4.74 Å². The fraction of sp³-hybridized carbons (Fsp3) is 0.625. The van der Waals surface area contributed by atoms with Gasteiger partial charge in [-0.25, -0.2) is 0 Å². The normalized spacial score (nSPS) is 21.5. The van der Waals surface area contributed by atoms with Gasteiger partial charge in [0.1, 0.15) is 5.75 Å². The summed E-state index contributed by atoms with van der Waals surface area (Å²) in [4.78, 5) is 2.44. The Bertz CT molecular complexity index is 394. The standard InChI is InChI=1S/C16H26N2O/c1-3-15(17)14-8-4-5-9-16(14)19-12-10-13-7-6-11-18(13)2/h4-5,8-9,13,15H,3,6-7,10-12,17H2,1-2H3/t13?,15-/m1/s1. The van der Waals surface area contributed by atoms with E-state index in [0.29, 0.717) is 6.04 Å². The topological polar surface area (TPSA) is 38.5 Å². The van der Waals surface area contributed by atoms with E-state index in [-0.39, 0.29) is 6.04 Å². The molecule has 106 valence electrons. The van der Waals surface area contributed by atoms with Crippen LogP contribution in [-0.4, -0.2) is 31.1 Å². The molecule has 1 heterocycles. The van der Waals surface area contributed by atoms with E-state index in [0.717, 1.165) is 30.8 Å². The second-order valence-corrected chi connectivity index (χ2v) is 5.47. The van der Waals surface area contributed by atoms with E-state index in [9.17, 15) is 0 Å². The highest BCUT2D eigenvalue weighted by Crippen LogP contribution is 2.26. The Hall–Kier alpha value is -1.06. The molecule has 1 unspecified atom stereocenters. The van der Waals surface area contributed by atoms with Gasteiger partial charge in [0.2, 0.25) is 0 Å². The summed E-state index contributed by atoms with van der Waals surface area (Å²) < 4.78 is 5.96. The zero-order valence-corrected chi connectivity index (χ0v) is 12.1. The van der Waals surface area contributed by atoms with Crippen LogP contribution >= 0.6 is 0 Å². The van der Waals surface area contributed by atoms with Crippen molar-refractivity contribution in [2.45, 2.75) is 44.7 Å². The highest BCUT2D eigenvalue weighted by atomic mass is 16.5.